The van der Waals surface area contributed by atoms with Crippen LogP contribution in [0.5, 0.6) is 0 Å². The van der Waals surface area contributed by atoms with Crippen LogP contribution in [0.15, 0.2) is 22.7 Å². The smallest absolute Gasteiger partial charge is 0.123 e. The quantitative estimate of drug-likeness (QED) is 0.803. The molecule has 0 aliphatic heterocycles. The van der Waals surface area contributed by atoms with Gasteiger partial charge in [-0.15, -0.1) is 0 Å². The molecule has 0 aliphatic rings. The van der Waals surface area contributed by atoms with Gasteiger partial charge in [0, 0.05) is 4.47 Å². The fourth-order valence-electron chi connectivity index (χ4n) is 1.23. The molecule has 1 aromatic carbocycles. The molecule has 0 spiro atoms. The highest BCUT2D eigenvalue weighted by Crippen LogP contribution is 2.22. The average molecular weight is 240 g/mol. The number of H-pyrrole nitrogens is 1. The third-order valence-electron chi connectivity index (χ3n) is 1.91. The maximum atomic E-state index is 5.72. The SMILES string of the molecule is C[C@H](N)c1nc2c(Br)cccc2[nH]1. The second-order valence-corrected chi connectivity index (χ2v) is 3.90. The molecule has 0 bridgehead atoms. The summed E-state index contributed by atoms with van der Waals surface area (Å²) < 4.78 is 0.994. The maximum Gasteiger partial charge on any atom is 0.123 e. The van der Waals surface area contributed by atoms with E-state index in [1.165, 1.54) is 0 Å². The van der Waals surface area contributed by atoms with Gasteiger partial charge in [-0.3, -0.25) is 0 Å². The van der Waals surface area contributed by atoms with Crippen LogP contribution in [0.2, 0.25) is 0 Å². The van der Waals surface area contributed by atoms with Crippen LogP contribution in [-0.2, 0) is 0 Å². The van der Waals surface area contributed by atoms with Crippen LogP contribution in [0.4, 0.5) is 0 Å². The van der Waals surface area contributed by atoms with Gasteiger partial charge >= 0.3 is 0 Å². The van der Waals surface area contributed by atoms with Crippen LogP contribution < -0.4 is 5.73 Å². The molecule has 0 radical (unpaired) electrons. The number of imidazole rings is 1. The maximum absolute atomic E-state index is 5.72. The summed E-state index contributed by atoms with van der Waals surface area (Å²) in [6.07, 6.45) is 0. The number of fused-ring (bicyclic) bond motifs is 1. The summed E-state index contributed by atoms with van der Waals surface area (Å²) in [5, 5.41) is 0. The summed E-state index contributed by atoms with van der Waals surface area (Å²) >= 11 is 3.44. The first-order valence-electron chi connectivity index (χ1n) is 4.08. The first-order valence-corrected chi connectivity index (χ1v) is 4.87. The highest BCUT2D eigenvalue weighted by molar-refractivity contribution is 9.10. The summed E-state index contributed by atoms with van der Waals surface area (Å²) in [4.78, 5) is 7.55. The van der Waals surface area contributed by atoms with Crippen molar-refractivity contribution >= 4 is 27.0 Å². The topological polar surface area (TPSA) is 54.7 Å². The van der Waals surface area contributed by atoms with E-state index in [9.17, 15) is 0 Å². The number of aromatic nitrogens is 2. The molecule has 13 heavy (non-hydrogen) atoms. The number of halogens is 1. The number of nitrogens with one attached hydrogen (secondary N) is 1. The van der Waals surface area contributed by atoms with Crippen molar-refractivity contribution in [3.05, 3.63) is 28.5 Å². The molecule has 1 atom stereocenters. The van der Waals surface area contributed by atoms with E-state index in [4.69, 9.17) is 5.73 Å². The molecular weight excluding hydrogens is 230 g/mol. The molecule has 0 amide bonds. The third-order valence-corrected chi connectivity index (χ3v) is 2.55. The van der Waals surface area contributed by atoms with E-state index < -0.39 is 0 Å². The van der Waals surface area contributed by atoms with Crippen LogP contribution in [-0.4, -0.2) is 9.97 Å². The van der Waals surface area contributed by atoms with Crippen molar-refractivity contribution in [1.29, 1.82) is 0 Å². The first kappa shape index (κ1) is 8.72. The van der Waals surface area contributed by atoms with Crippen molar-refractivity contribution < 1.29 is 0 Å². The van der Waals surface area contributed by atoms with E-state index in [1.807, 2.05) is 25.1 Å². The number of benzene rings is 1. The van der Waals surface area contributed by atoms with Gasteiger partial charge in [0.05, 0.1) is 11.6 Å². The highest BCUT2D eigenvalue weighted by atomic mass is 79.9. The van der Waals surface area contributed by atoms with Gasteiger partial charge in [0.25, 0.3) is 0 Å². The Balaban J connectivity index is 2.68. The number of nitrogens with zero attached hydrogens (tertiary/aromatic N) is 1. The minimum absolute atomic E-state index is 0.0562. The zero-order valence-corrected chi connectivity index (χ0v) is 8.80. The number of para-hydroxylation sites is 1. The Kier molecular flexibility index (Phi) is 2.09. The van der Waals surface area contributed by atoms with E-state index in [2.05, 4.69) is 25.9 Å². The van der Waals surface area contributed by atoms with Crippen molar-refractivity contribution in [3.8, 4) is 0 Å². The Labute approximate surface area is 84.5 Å². The lowest BCUT2D eigenvalue weighted by Gasteiger charge is -1.96. The summed E-state index contributed by atoms with van der Waals surface area (Å²) in [6, 6.07) is 5.86. The molecule has 0 aliphatic carbocycles. The summed E-state index contributed by atoms with van der Waals surface area (Å²) in [6.45, 7) is 1.91. The lowest BCUT2D eigenvalue weighted by atomic mass is 10.3. The molecular formula is C9H10BrN3. The fourth-order valence-corrected chi connectivity index (χ4v) is 1.69. The van der Waals surface area contributed by atoms with Gasteiger partial charge < -0.3 is 10.7 Å². The third kappa shape index (κ3) is 1.47. The number of hydrogen-bond acceptors (Lipinski definition) is 2. The molecule has 2 rings (SSSR count). The predicted molar refractivity (Wildman–Crippen MR) is 56.4 cm³/mol. The van der Waals surface area contributed by atoms with E-state index in [-0.39, 0.29) is 6.04 Å². The second-order valence-electron chi connectivity index (χ2n) is 3.05. The van der Waals surface area contributed by atoms with Gasteiger partial charge in [-0.05, 0) is 35.0 Å². The number of aromatic amines is 1. The van der Waals surface area contributed by atoms with Crippen molar-refractivity contribution in [3.63, 3.8) is 0 Å². The number of nitrogens with two attached hydrogens (primary N) is 1. The fraction of sp³-hybridized carbons (Fsp3) is 0.222. The Morgan fingerprint density at radius 2 is 2.31 bits per heavy atom. The Bertz CT molecular complexity index is 433. The van der Waals surface area contributed by atoms with Crippen LogP contribution in [0.1, 0.15) is 18.8 Å². The van der Waals surface area contributed by atoms with Crippen LogP contribution in [0.3, 0.4) is 0 Å². The number of hydrogen-bond donors (Lipinski definition) is 2. The van der Waals surface area contributed by atoms with E-state index in [0.29, 0.717) is 0 Å². The minimum Gasteiger partial charge on any atom is -0.341 e. The molecule has 0 saturated heterocycles. The van der Waals surface area contributed by atoms with Gasteiger partial charge in [-0.1, -0.05) is 6.07 Å². The first-order chi connectivity index (χ1) is 6.18. The standard InChI is InChI=1S/C9H10BrN3/c1-5(11)9-12-7-4-2-3-6(10)8(7)13-9/h2-5H,11H2,1H3,(H,12,13)/t5-/m0/s1. The average Bonchev–Trinajstić information content (AvgIpc) is 2.49. The molecule has 2 aromatic rings. The van der Waals surface area contributed by atoms with Gasteiger partial charge in [0.15, 0.2) is 0 Å². The molecule has 0 saturated carbocycles. The van der Waals surface area contributed by atoms with Crippen LogP contribution in [0.25, 0.3) is 11.0 Å². The van der Waals surface area contributed by atoms with Crippen molar-refractivity contribution in [2.75, 3.05) is 0 Å². The Hall–Kier alpha value is -0.870. The lowest BCUT2D eigenvalue weighted by molar-refractivity contribution is 0.760. The van der Waals surface area contributed by atoms with Crippen molar-refractivity contribution in [2.24, 2.45) is 5.73 Å². The molecule has 68 valence electrons. The predicted octanol–water partition coefficient (Wildman–Crippen LogP) is 2.35. The minimum atomic E-state index is -0.0562. The zero-order chi connectivity index (χ0) is 9.42. The van der Waals surface area contributed by atoms with E-state index in [1.54, 1.807) is 0 Å². The zero-order valence-electron chi connectivity index (χ0n) is 7.21. The van der Waals surface area contributed by atoms with Crippen molar-refractivity contribution in [2.45, 2.75) is 13.0 Å². The molecule has 0 fully saturated rings. The van der Waals surface area contributed by atoms with E-state index in [0.717, 1.165) is 21.3 Å². The van der Waals surface area contributed by atoms with Crippen LogP contribution >= 0.6 is 15.9 Å². The lowest BCUT2D eigenvalue weighted by Crippen LogP contribution is -2.06. The normalized spacial score (nSPS) is 13.5. The summed E-state index contributed by atoms with van der Waals surface area (Å²) in [5.74, 6) is 0.821. The highest BCUT2D eigenvalue weighted by Gasteiger charge is 2.07. The Morgan fingerprint density at radius 3 is 2.92 bits per heavy atom. The van der Waals surface area contributed by atoms with Gasteiger partial charge in [0.2, 0.25) is 0 Å². The monoisotopic (exact) mass is 239 g/mol. The molecule has 4 heteroatoms. The summed E-state index contributed by atoms with van der Waals surface area (Å²) in [7, 11) is 0. The molecule has 1 heterocycles. The van der Waals surface area contributed by atoms with E-state index >= 15 is 0 Å². The van der Waals surface area contributed by atoms with Gasteiger partial charge in [-0.25, -0.2) is 4.98 Å². The second kappa shape index (κ2) is 3.12. The largest absolute Gasteiger partial charge is 0.341 e. The van der Waals surface area contributed by atoms with Gasteiger partial charge in [-0.2, -0.15) is 0 Å². The molecule has 1 aromatic heterocycles. The Morgan fingerprint density at radius 1 is 1.54 bits per heavy atom. The van der Waals surface area contributed by atoms with Gasteiger partial charge in [0.1, 0.15) is 11.3 Å². The molecule has 0 unspecified atom stereocenters. The van der Waals surface area contributed by atoms with Crippen LogP contribution in [0, 0.1) is 0 Å². The molecule has 3 N–H and O–H groups in total. The molecule has 3 nitrogen and oxygen atoms in total. The van der Waals surface area contributed by atoms with Crippen molar-refractivity contribution in [1.82, 2.24) is 9.97 Å². The number of rotatable bonds is 1. The summed E-state index contributed by atoms with van der Waals surface area (Å²) in [5.41, 5.74) is 7.67.